The lowest BCUT2D eigenvalue weighted by molar-refractivity contribution is 0.0999. The predicted molar refractivity (Wildman–Crippen MR) is 82.6 cm³/mol. The zero-order valence-corrected chi connectivity index (χ0v) is 13.5. The van der Waals surface area contributed by atoms with Crippen LogP contribution in [0.25, 0.3) is 0 Å². The Morgan fingerprint density at radius 2 is 2.05 bits per heavy atom. The highest BCUT2D eigenvalue weighted by Crippen LogP contribution is 2.35. The first-order chi connectivity index (χ1) is 9.04. The lowest BCUT2D eigenvalue weighted by Gasteiger charge is -2.40. The molecule has 2 rings (SSSR count). The third kappa shape index (κ3) is 3.18. The SMILES string of the molecule is Cc1nc(C)c(C(C)N(C)C2CCCCC2CN)s1. The summed E-state index contributed by atoms with van der Waals surface area (Å²) in [4.78, 5) is 8.52. The van der Waals surface area contributed by atoms with E-state index in [-0.39, 0.29) is 0 Å². The van der Waals surface area contributed by atoms with Crippen LogP contribution in [0.2, 0.25) is 0 Å². The van der Waals surface area contributed by atoms with Crippen LogP contribution in [0.5, 0.6) is 0 Å². The van der Waals surface area contributed by atoms with Crippen LogP contribution in [-0.4, -0.2) is 29.5 Å². The maximum Gasteiger partial charge on any atom is 0.0900 e. The van der Waals surface area contributed by atoms with Gasteiger partial charge in [-0.25, -0.2) is 4.98 Å². The third-order valence-electron chi connectivity index (χ3n) is 4.62. The number of thiazole rings is 1. The van der Waals surface area contributed by atoms with E-state index in [1.165, 1.54) is 41.3 Å². The van der Waals surface area contributed by atoms with Crippen LogP contribution in [0.15, 0.2) is 0 Å². The Bertz CT molecular complexity index is 416. The van der Waals surface area contributed by atoms with Gasteiger partial charge in [-0.15, -0.1) is 11.3 Å². The predicted octanol–water partition coefficient (Wildman–Crippen LogP) is 3.27. The minimum atomic E-state index is 0.448. The summed E-state index contributed by atoms with van der Waals surface area (Å²) < 4.78 is 0. The number of aryl methyl sites for hydroxylation is 2. The summed E-state index contributed by atoms with van der Waals surface area (Å²) in [6.07, 6.45) is 5.27. The van der Waals surface area contributed by atoms with Crippen LogP contribution in [-0.2, 0) is 0 Å². The Morgan fingerprint density at radius 3 is 2.63 bits per heavy atom. The van der Waals surface area contributed by atoms with E-state index >= 15 is 0 Å². The molecule has 3 nitrogen and oxygen atoms in total. The van der Waals surface area contributed by atoms with Crippen molar-refractivity contribution in [3.05, 3.63) is 15.6 Å². The lowest BCUT2D eigenvalue weighted by Crippen LogP contribution is -2.44. The summed E-state index contributed by atoms with van der Waals surface area (Å²) in [5.74, 6) is 0.663. The molecule has 2 N–H and O–H groups in total. The van der Waals surface area contributed by atoms with Crippen molar-refractivity contribution in [3.8, 4) is 0 Å². The van der Waals surface area contributed by atoms with E-state index in [4.69, 9.17) is 5.73 Å². The monoisotopic (exact) mass is 281 g/mol. The van der Waals surface area contributed by atoms with E-state index in [2.05, 4.69) is 37.7 Å². The minimum absolute atomic E-state index is 0.448. The van der Waals surface area contributed by atoms with Crippen molar-refractivity contribution >= 4 is 11.3 Å². The first-order valence-corrected chi connectivity index (χ1v) is 8.22. The highest BCUT2D eigenvalue weighted by atomic mass is 32.1. The van der Waals surface area contributed by atoms with E-state index in [0.29, 0.717) is 18.0 Å². The third-order valence-corrected chi connectivity index (χ3v) is 5.87. The Hall–Kier alpha value is -0.450. The van der Waals surface area contributed by atoms with Gasteiger partial charge in [0.2, 0.25) is 0 Å². The van der Waals surface area contributed by atoms with Crippen LogP contribution in [0.1, 0.15) is 54.2 Å². The summed E-state index contributed by atoms with van der Waals surface area (Å²) in [7, 11) is 2.26. The van der Waals surface area contributed by atoms with E-state index in [1.807, 2.05) is 11.3 Å². The fraction of sp³-hybridized carbons (Fsp3) is 0.800. The van der Waals surface area contributed by atoms with Gasteiger partial charge >= 0.3 is 0 Å². The molecule has 0 amide bonds. The van der Waals surface area contributed by atoms with Crippen molar-refractivity contribution in [2.75, 3.05) is 13.6 Å². The van der Waals surface area contributed by atoms with E-state index in [1.54, 1.807) is 0 Å². The summed E-state index contributed by atoms with van der Waals surface area (Å²) in [5.41, 5.74) is 7.16. The van der Waals surface area contributed by atoms with E-state index < -0.39 is 0 Å². The van der Waals surface area contributed by atoms with Crippen molar-refractivity contribution in [2.45, 2.75) is 58.5 Å². The van der Waals surface area contributed by atoms with Crippen molar-refractivity contribution in [1.29, 1.82) is 0 Å². The molecule has 19 heavy (non-hydrogen) atoms. The molecule has 0 saturated heterocycles. The van der Waals surface area contributed by atoms with Crippen molar-refractivity contribution < 1.29 is 0 Å². The van der Waals surface area contributed by atoms with Crippen molar-refractivity contribution in [1.82, 2.24) is 9.88 Å². The van der Waals surface area contributed by atoms with Crippen molar-refractivity contribution in [3.63, 3.8) is 0 Å². The molecule has 3 unspecified atom stereocenters. The molecule has 1 aliphatic carbocycles. The van der Waals surface area contributed by atoms with Gasteiger partial charge in [-0.2, -0.15) is 0 Å². The Kier molecular flexibility index (Phi) is 4.98. The molecule has 4 heteroatoms. The lowest BCUT2D eigenvalue weighted by atomic mass is 9.83. The molecule has 0 aromatic carbocycles. The zero-order valence-electron chi connectivity index (χ0n) is 12.6. The molecule has 1 aliphatic rings. The fourth-order valence-electron chi connectivity index (χ4n) is 3.41. The van der Waals surface area contributed by atoms with E-state index in [0.717, 1.165) is 6.54 Å². The number of hydrogen-bond acceptors (Lipinski definition) is 4. The molecule has 0 bridgehead atoms. The highest BCUT2D eigenvalue weighted by Gasteiger charge is 2.31. The number of nitrogens with two attached hydrogens (primary N) is 1. The van der Waals surface area contributed by atoms with Gasteiger partial charge in [-0.05, 0) is 53.1 Å². The quantitative estimate of drug-likeness (QED) is 0.921. The second kappa shape index (κ2) is 6.33. The fourth-order valence-corrected chi connectivity index (χ4v) is 4.44. The summed E-state index contributed by atoms with van der Waals surface area (Å²) in [6.45, 7) is 7.35. The molecule has 108 valence electrons. The number of hydrogen-bond donors (Lipinski definition) is 1. The molecule has 1 aromatic rings. The van der Waals surface area contributed by atoms with Gasteiger partial charge in [0.25, 0.3) is 0 Å². The maximum atomic E-state index is 5.97. The first-order valence-electron chi connectivity index (χ1n) is 7.40. The van der Waals surface area contributed by atoms with Crippen LogP contribution in [0.4, 0.5) is 0 Å². The minimum Gasteiger partial charge on any atom is -0.330 e. The molecule has 1 fully saturated rings. The summed E-state index contributed by atoms with van der Waals surface area (Å²) in [5, 5.41) is 1.17. The average molecular weight is 281 g/mol. The van der Waals surface area contributed by atoms with Gasteiger partial charge in [0, 0.05) is 17.0 Å². The van der Waals surface area contributed by atoms with E-state index in [9.17, 15) is 0 Å². The highest BCUT2D eigenvalue weighted by molar-refractivity contribution is 7.11. The van der Waals surface area contributed by atoms with Crippen LogP contribution >= 0.6 is 11.3 Å². The molecule has 1 aromatic heterocycles. The largest absolute Gasteiger partial charge is 0.330 e. The Morgan fingerprint density at radius 1 is 1.37 bits per heavy atom. The standard InChI is InChI=1S/C15H27N3S/c1-10-15(19-12(3)17-10)11(2)18(4)14-8-6-5-7-13(14)9-16/h11,13-14H,5-9,16H2,1-4H3. The molecular formula is C15H27N3S. The second-order valence-electron chi connectivity index (χ2n) is 5.87. The van der Waals surface area contributed by atoms with Gasteiger partial charge in [0.15, 0.2) is 0 Å². The topological polar surface area (TPSA) is 42.2 Å². The number of nitrogens with zero attached hydrogens (tertiary/aromatic N) is 2. The Labute approximate surface area is 121 Å². The van der Waals surface area contributed by atoms with Crippen LogP contribution < -0.4 is 5.73 Å². The van der Waals surface area contributed by atoms with Gasteiger partial charge < -0.3 is 5.73 Å². The molecule has 1 heterocycles. The normalized spacial score (nSPS) is 25.8. The Balaban J connectivity index is 2.13. The molecule has 1 saturated carbocycles. The first kappa shape index (κ1) is 14.9. The average Bonchev–Trinajstić information content (AvgIpc) is 2.76. The molecule has 0 radical (unpaired) electrons. The zero-order chi connectivity index (χ0) is 14.0. The van der Waals surface area contributed by atoms with Gasteiger partial charge in [0.1, 0.15) is 0 Å². The maximum absolute atomic E-state index is 5.97. The molecule has 3 atom stereocenters. The van der Waals surface area contributed by atoms with Crippen LogP contribution in [0.3, 0.4) is 0 Å². The summed E-state index contributed by atoms with van der Waals surface area (Å²) >= 11 is 1.84. The summed E-state index contributed by atoms with van der Waals surface area (Å²) in [6, 6.07) is 1.08. The van der Waals surface area contributed by atoms with Crippen molar-refractivity contribution in [2.24, 2.45) is 11.7 Å². The van der Waals surface area contributed by atoms with Gasteiger partial charge in [-0.3, -0.25) is 4.90 Å². The molecule has 0 aliphatic heterocycles. The molecular weight excluding hydrogens is 254 g/mol. The number of rotatable bonds is 4. The van der Waals surface area contributed by atoms with Crippen LogP contribution in [0, 0.1) is 19.8 Å². The smallest absolute Gasteiger partial charge is 0.0900 e. The number of aromatic nitrogens is 1. The second-order valence-corrected chi connectivity index (χ2v) is 7.11. The van der Waals surface area contributed by atoms with Gasteiger partial charge in [0.05, 0.1) is 10.7 Å². The van der Waals surface area contributed by atoms with Gasteiger partial charge in [-0.1, -0.05) is 12.8 Å². The molecule has 0 spiro atoms.